The Kier molecular flexibility index (Phi) is 2.37. The fourth-order valence-corrected chi connectivity index (χ4v) is 0.224. The van der Waals surface area contributed by atoms with Crippen LogP contribution in [-0.2, 0) is 4.79 Å². The summed E-state index contributed by atoms with van der Waals surface area (Å²) in [5, 5.41) is 0. The normalized spacial score (nSPS) is 11.3. The van der Waals surface area contributed by atoms with Gasteiger partial charge in [0.05, 0.1) is 0 Å². The van der Waals surface area contributed by atoms with Gasteiger partial charge in [0.1, 0.15) is 6.16 Å². The SMILES string of the molecule is CC[P+](O)(O)C=O. The summed E-state index contributed by atoms with van der Waals surface area (Å²) in [4.78, 5) is 26.5. The molecule has 0 bridgehead atoms. The molecule has 0 radical (unpaired) electrons. The lowest BCUT2D eigenvalue weighted by atomic mass is 11.0. The van der Waals surface area contributed by atoms with Crippen LogP contribution in [0.2, 0.25) is 0 Å². The van der Waals surface area contributed by atoms with E-state index in [-0.39, 0.29) is 12.2 Å². The molecule has 0 heterocycles. The number of carbonyl (C=O) groups excluding carboxylic acids is 1. The second kappa shape index (κ2) is 2.36. The Labute approximate surface area is 42.5 Å². The van der Waals surface area contributed by atoms with Gasteiger partial charge in [0.25, 0.3) is 0 Å². The van der Waals surface area contributed by atoms with Crippen molar-refractivity contribution in [3.05, 3.63) is 0 Å². The van der Waals surface area contributed by atoms with Crippen LogP contribution in [-0.4, -0.2) is 22.0 Å². The van der Waals surface area contributed by atoms with Gasteiger partial charge in [0.2, 0.25) is 0 Å². The molecule has 42 valence electrons. The molecule has 0 saturated carbocycles. The topological polar surface area (TPSA) is 57.5 Å². The van der Waals surface area contributed by atoms with Crippen molar-refractivity contribution >= 4 is 13.7 Å². The Hall–Kier alpha value is 0.0200. The predicted octanol–water partition coefficient (Wildman–Crippen LogP) is 0.0287. The molecule has 0 amide bonds. The zero-order valence-corrected chi connectivity index (χ0v) is 4.93. The Balaban J connectivity index is 3.58. The third kappa shape index (κ3) is 2.68. The Morgan fingerprint density at radius 3 is 2.14 bits per heavy atom. The molecule has 0 atom stereocenters. The fourth-order valence-electron chi connectivity index (χ4n) is 0.0745. The fraction of sp³-hybridized carbons (Fsp3) is 0.667. The molecule has 7 heavy (non-hydrogen) atoms. The summed E-state index contributed by atoms with van der Waals surface area (Å²) in [6.45, 7) is 1.56. The average Bonchev–Trinajstić information content (AvgIpc) is 1.68. The van der Waals surface area contributed by atoms with Crippen LogP contribution in [0, 0.1) is 0 Å². The minimum absolute atomic E-state index is 0.149. The van der Waals surface area contributed by atoms with Crippen molar-refractivity contribution in [3.8, 4) is 0 Å². The maximum absolute atomic E-state index is 9.61. The van der Waals surface area contributed by atoms with Crippen LogP contribution in [0.3, 0.4) is 0 Å². The molecule has 0 aromatic carbocycles. The summed E-state index contributed by atoms with van der Waals surface area (Å²) in [5.74, 6) is 0. The van der Waals surface area contributed by atoms with E-state index in [2.05, 4.69) is 0 Å². The van der Waals surface area contributed by atoms with Gasteiger partial charge in [-0.1, -0.05) is 0 Å². The van der Waals surface area contributed by atoms with Gasteiger partial charge >= 0.3 is 13.7 Å². The molecular formula is C3H8O3P+. The van der Waals surface area contributed by atoms with Gasteiger partial charge in [-0.2, -0.15) is 0 Å². The van der Waals surface area contributed by atoms with Gasteiger partial charge in [-0.15, -0.1) is 0 Å². The van der Waals surface area contributed by atoms with Crippen LogP contribution >= 0.6 is 7.72 Å². The van der Waals surface area contributed by atoms with E-state index in [0.29, 0.717) is 0 Å². The zero-order chi connectivity index (χ0) is 5.91. The second-order valence-corrected chi connectivity index (χ2v) is 3.62. The first-order valence-electron chi connectivity index (χ1n) is 1.92. The summed E-state index contributed by atoms with van der Waals surface area (Å²) < 4.78 is 0. The second-order valence-electron chi connectivity index (χ2n) is 1.21. The van der Waals surface area contributed by atoms with E-state index in [1.165, 1.54) is 0 Å². The van der Waals surface area contributed by atoms with E-state index in [4.69, 9.17) is 9.79 Å². The minimum Gasteiger partial charge on any atom is -0.251 e. The van der Waals surface area contributed by atoms with Crippen LogP contribution < -0.4 is 0 Å². The average molecular weight is 123 g/mol. The number of hydrogen-bond donors (Lipinski definition) is 2. The minimum atomic E-state index is -3.08. The lowest BCUT2D eigenvalue weighted by Gasteiger charge is -1.96. The molecule has 3 nitrogen and oxygen atoms in total. The quantitative estimate of drug-likeness (QED) is 0.402. The van der Waals surface area contributed by atoms with Gasteiger partial charge < -0.3 is 0 Å². The standard InChI is InChI=1S/C3H8O3P/c1-2-7(5,6)3-4/h3,5-6H,2H2,1H3/q+1. The molecule has 0 unspecified atom stereocenters. The summed E-state index contributed by atoms with van der Waals surface area (Å²) in [6, 6.07) is 0.215. The van der Waals surface area contributed by atoms with Crippen LogP contribution in [0.5, 0.6) is 0 Å². The lowest BCUT2D eigenvalue weighted by molar-refractivity contribution is 0.460. The third-order valence-corrected chi connectivity index (χ3v) is 1.90. The van der Waals surface area contributed by atoms with Gasteiger partial charge in [-0.3, -0.25) is 4.79 Å². The molecular weight excluding hydrogens is 115 g/mol. The van der Waals surface area contributed by atoms with Crippen LogP contribution in [0.25, 0.3) is 0 Å². The number of hydrogen-bond acceptors (Lipinski definition) is 3. The zero-order valence-electron chi connectivity index (χ0n) is 4.03. The largest absolute Gasteiger partial charge is 0.333 e. The highest BCUT2D eigenvalue weighted by Gasteiger charge is 2.28. The van der Waals surface area contributed by atoms with E-state index < -0.39 is 7.72 Å². The predicted molar refractivity (Wildman–Crippen MR) is 28.6 cm³/mol. The van der Waals surface area contributed by atoms with E-state index in [1.807, 2.05) is 0 Å². The van der Waals surface area contributed by atoms with Gasteiger partial charge in [0, 0.05) is 0 Å². The molecule has 2 N–H and O–H groups in total. The Bertz CT molecular complexity index is 70.6. The molecule has 0 aliphatic carbocycles. The molecule has 0 aromatic heterocycles. The Morgan fingerprint density at radius 2 is 2.14 bits per heavy atom. The summed E-state index contributed by atoms with van der Waals surface area (Å²) in [5.41, 5.74) is 0. The molecule has 0 rings (SSSR count). The number of carbonyl (C=O) groups is 1. The van der Waals surface area contributed by atoms with E-state index in [0.717, 1.165) is 0 Å². The van der Waals surface area contributed by atoms with Crippen molar-refractivity contribution in [2.45, 2.75) is 6.92 Å². The molecule has 0 aromatic rings. The first-order chi connectivity index (χ1) is 3.12. The van der Waals surface area contributed by atoms with Crippen LogP contribution in [0.4, 0.5) is 0 Å². The van der Waals surface area contributed by atoms with Gasteiger partial charge in [-0.05, 0) is 6.92 Å². The third-order valence-electron chi connectivity index (χ3n) is 0.634. The van der Waals surface area contributed by atoms with Gasteiger partial charge in [-0.25, -0.2) is 9.79 Å². The molecule has 0 fully saturated rings. The van der Waals surface area contributed by atoms with E-state index in [1.54, 1.807) is 6.92 Å². The highest BCUT2D eigenvalue weighted by Crippen LogP contribution is 2.44. The monoisotopic (exact) mass is 123 g/mol. The van der Waals surface area contributed by atoms with Crippen molar-refractivity contribution in [1.82, 2.24) is 0 Å². The molecule has 0 spiro atoms. The summed E-state index contributed by atoms with van der Waals surface area (Å²) in [6.07, 6.45) is 0.149. The first kappa shape index (κ1) is 7.02. The van der Waals surface area contributed by atoms with Crippen molar-refractivity contribution < 1.29 is 14.6 Å². The van der Waals surface area contributed by atoms with Crippen LogP contribution in [0.15, 0.2) is 0 Å². The highest BCUT2D eigenvalue weighted by molar-refractivity contribution is 7.78. The van der Waals surface area contributed by atoms with Crippen LogP contribution in [0.1, 0.15) is 6.92 Å². The molecule has 0 aliphatic heterocycles. The maximum atomic E-state index is 9.61. The van der Waals surface area contributed by atoms with Crippen molar-refractivity contribution in [2.24, 2.45) is 0 Å². The van der Waals surface area contributed by atoms with Crippen molar-refractivity contribution in [2.75, 3.05) is 6.16 Å². The number of rotatable bonds is 2. The molecule has 0 aliphatic rings. The molecule has 0 saturated heterocycles. The van der Waals surface area contributed by atoms with E-state index in [9.17, 15) is 4.79 Å². The van der Waals surface area contributed by atoms with E-state index >= 15 is 0 Å². The maximum Gasteiger partial charge on any atom is 0.333 e. The van der Waals surface area contributed by atoms with Gasteiger partial charge in [0.15, 0.2) is 0 Å². The van der Waals surface area contributed by atoms with Crippen molar-refractivity contribution in [3.63, 3.8) is 0 Å². The molecule has 4 heteroatoms. The Morgan fingerprint density at radius 1 is 1.71 bits per heavy atom. The smallest absolute Gasteiger partial charge is 0.251 e. The first-order valence-corrected chi connectivity index (χ1v) is 3.87. The lowest BCUT2D eigenvalue weighted by Crippen LogP contribution is -1.92. The van der Waals surface area contributed by atoms with Crippen molar-refractivity contribution in [1.29, 1.82) is 0 Å². The summed E-state index contributed by atoms with van der Waals surface area (Å²) >= 11 is 0. The highest BCUT2D eigenvalue weighted by atomic mass is 31.2. The summed E-state index contributed by atoms with van der Waals surface area (Å²) in [7, 11) is -3.08.